The molecule has 80 valence electrons. The quantitative estimate of drug-likeness (QED) is 0.791. The topological polar surface area (TPSA) is 46.5 Å². The second-order valence-corrected chi connectivity index (χ2v) is 3.91. The van der Waals surface area contributed by atoms with E-state index in [-0.39, 0.29) is 0 Å². The van der Waals surface area contributed by atoms with E-state index in [1.807, 2.05) is 36.4 Å². The molecule has 3 rings (SSSR count). The van der Waals surface area contributed by atoms with Gasteiger partial charge in [0.1, 0.15) is 5.75 Å². The highest BCUT2D eigenvalue weighted by molar-refractivity contribution is 5.89. The number of aliphatic carboxylic acids is 1. The molecule has 16 heavy (non-hydrogen) atoms. The molecule has 0 amide bonds. The van der Waals surface area contributed by atoms with Crippen LogP contribution in [0.15, 0.2) is 36.4 Å². The third-order valence-electron chi connectivity index (χ3n) is 2.93. The molecule has 1 aliphatic rings. The zero-order valence-corrected chi connectivity index (χ0v) is 8.51. The first kappa shape index (κ1) is 9.21. The highest BCUT2D eigenvalue weighted by atomic mass is 16.5. The number of hydrogen-bond donors (Lipinski definition) is 1. The first-order valence-electron chi connectivity index (χ1n) is 5.16. The van der Waals surface area contributed by atoms with E-state index in [4.69, 9.17) is 9.84 Å². The molecule has 3 heteroatoms. The molecule has 0 bridgehead atoms. The number of hydrogen-bond acceptors (Lipinski definition) is 2. The van der Waals surface area contributed by atoms with Crippen LogP contribution in [0.5, 0.6) is 5.75 Å². The Hall–Kier alpha value is -2.03. The summed E-state index contributed by atoms with van der Waals surface area (Å²) in [6.07, 6.45) is -0.285. The average molecular weight is 214 g/mol. The second kappa shape index (κ2) is 3.23. The minimum atomic E-state index is -0.903. The number of carboxylic acids is 1. The van der Waals surface area contributed by atoms with Crippen LogP contribution in [-0.2, 0) is 11.2 Å². The van der Waals surface area contributed by atoms with Crippen LogP contribution < -0.4 is 4.74 Å². The standard InChI is InChI=1S/C13H10O3/c14-13(15)12-7-10-9-4-2-1-3-8(9)5-6-11(10)16-12/h1-6,12H,7H2,(H,14,15). The van der Waals surface area contributed by atoms with Gasteiger partial charge in [-0.3, -0.25) is 0 Å². The van der Waals surface area contributed by atoms with Gasteiger partial charge < -0.3 is 9.84 Å². The van der Waals surface area contributed by atoms with Crippen molar-refractivity contribution in [2.75, 3.05) is 0 Å². The van der Waals surface area contributed by atoms with E-state index in [0.29, 0.717) is 12.2 Å². The van der Waals surface area contributed by atoms with Gasteiger partial charge in [-0.1, -0.05) is 30.3 Å². The van der Waals surface area contributed by atoms with E-state index >= 15 is 0 Å². The molecular weight excluding hydrogens is 204 g/mol. The number of ether oxygens (including phenoxy) is 1. The van der Waals surface area contributed by atoms with Gasteiger partial charge in [0.15, 0.2) is 6.10 Å². The first-order valence-corrected chi connectivity index (χ1v) is 5.16. The maximum absolute atomic E-state index is 10.9. The lowest BCUT2D eigenvalue weighted by atomic mass is 10.0. The molecule has 0 saturated heterocycles. The van der Waals surface area contributed by atoms with Crippen molar-refractivity contribution in [3.63, 3.8) is 0 Å². The molecule has 1 aliphatic heterocycles. The Kier molecular flexibility index (Phi) is 1.86. The van der Waals surface area contributed by atoms with Gasteiger partial charge in [0, 0.05) is 12.0 Å². The number of carbonyl (C=O) groups is 1. The fourth-order valence-corrected chi connectivity index (χ4v) is 2.15. The number of fused-ring (bicyclic) bond motifs is 3. The van der Waals surface area contributed by atoms with Gasteiger partial charge >= 0.3 is 5.97 Å². The molecule has 0 fully saturated rings. The summed E-state index contributed by atoms with van der Waals surface area (Å²) < 4.78 is 5.38. The van der Waals surface area contributed by atoms with Gasteiger partial charge in [0.2, 0.25) is 0 Å². The summed E-state index contributed by atoms with van der Waals surface area (Å²) in [6.45, 7) is 0. The maximum Gasteiger partial charge on any atom is 0.345 e. The highest BCUT2D eigenvalue weighted by Crippen LogP contribution is 2.34. The minimum Gasteiger partial charge on any atom is -0.478 e. The van der Waals surface area contributed by atoms with Crippen LogP contribution in [0.25, 0.3) is 10.8 Å². The zero-order valence-electron chi connectivity index (χ0n) is 8.51. The van der Waals surface area contributed by atoms with Crippen molar-refractivity contribution in [1.29, 1.82) is 0 Å². The van der Waals surface area contributed by atoms with E-state index in [0.717, 1.165) is 16.3 Å². The van der Waals surface area contributed by atoms with Crippen LogP contribution in [0.1, 0.15) is 5.56 Å². The fraction of sp³-hybridized carbons (Fsp3) is 0.154. The third-order valence-corrected chi connectivity index (χ3v) is 2.93. The van der Waals surface area contributed by atoms with Crippen LogP contribution in [0, 0.1) is 0 Å². The van der Waals surface area contributed by atoms with Crippen LogP contribution in [-0.4, -0.2) is 17.2 Å². The Morgan fingerprint density at radius 3 is 2.88 bits per heavy atom. The Morgan fingerprint density at radius 1 is 1.25 bits per heavy atom. The average Bonchev–Trinajstić information content (AvgIpc) is 2.73. The summed E-state index contributed by atoms with van der Waals surface area (Å²) in [5, 5.41) is 11.1. The zero-order chi connectivity index (χ0) is 11.1. The predicted molar refractivity (Wildman–Crippen MR) is 59.7 cm³/mol. The fourth-order valence-electron chi connectivity index (χ4n) is 2.15. The van der Waals surface area contributed by atoms with Crippen LogP contribution in [0.3, 0.4) is 0 Å². The predicted octanol–water partition coefficient (Wildman–Crippen LogP) is 2.23. The molecular formula is C13H10O3. The largest absolute Gasteiger partial charge is 0.478 e. The second-order valence-electron chi connectivity index (χ2n) is 3.91. The number of carboxylic acid groups (broad SMARTS) is 1. The van der Waals surface area contributed by atoms with Crippen LogP contribution >= 0.6 is 0 Å². The summed E-state index contributed by atoms with van der Waals surface area (Å²) in [6, 6.07) is 11.8. The molecule has 3 nitrogen and oxygen atoms in total. The number of rotatable bonds is 1. The van der Waals surface area contributed by atoms with E-state index < -0.39 is 12.1 Å². The van der Waals surface area contributed by atoms with Crippen molar-refractivity contribution < 1.29 is 14.6 Å². The normalized spacial score (nSPS) is 18.1. The van der Waals surface area contributed by atoms with Gasteiger partial charge in [0.25, 0.3) is 0 Å². The number of benzene rings is 2. The van der Waals surface area contributed by atoms with E-state index in [2.05, 4.69) is 0 Å². The van der Waals surface area contributed by atoms with Gasteiger partial charge in [-0.2, -0.15) is 0 Å². The molecule has 2 aromatic rings. The SMILES string of the molecule is O=C(O)C1Cc2c(ccc3ccccc23)O1. The van der Waals surface area contributed by atoms with Crippen molar-refractivity contribution in [1.82, 2.24) is 0 Å². The lowest BCUT2D eigenvalue weighted by molar-refractivity contribution is -0.144. The summed E-state index contributed by atoms with van der Waals surface area (Å²) in [5.74, 6) is -0.202. The van der Waals surface area contributed by atoms with Gasteiger partial charge in [-0.05, 0) is 16.8 Å². The first-order chi connectivity index (χ1) is 7.75. The third kappa shape index (κ3) is 1.25. The monoisotopic (exact) mass is 214 g/mol. The Labute approximate surface area is 92.3 Å². The summed E-state index contributed by atoms with van der Waals surface area (Å²) in [4.78, 5) is 10.9. The van der Waals surface area contributed by atoms with Crippen molar-refractivity contribution in [2.45, 2.75) is 12.5 Å². The molecule has 0 radical (unpaired) electrons. The Bertz CT molecular complexity index is 574. The lowest BCUT2D eigenvalue weighted by Gasteiger charge is -2.03. The van der Waals surface area contributed by atoms with Gasteiger partial charge in [0.05, 0.1) is 0 Å². The van der Waals surface area contributed by atoms with E-state index in [1.54, 1.807) is 0 Å². The van der Waals surface area contributed by atoms with Gasteiger partial charge in [-0.25, -0.2) is 4.79 Å². The van der Waals surface area contributed by atoms with Crippen molar-refractivity contribution >= 4 is 16.7 Å². The summed E-state index contributed by atoms with van der Waals surface area (Å²) in [5.41, 5.74) is 1.01. The van der Waals surface area contributed by atoms with E-state index in [9.17, 15) is 4.79 Å². The molecule has 1 heterocycles. The van der Waals surface area contributed by atoms with Crippen molar-refractivity contribution in [2.24, 2.45) is 0 Å². The maximum atomic E-state index is 10.9. The lowest BCUT2D eigenvalue weighted by Crippen LogP contribution is -2.24. The molecule has 1 atom stereocenters. The molecule has 1 unspecified atom stereocenters. The summed E-state index contributed by atoms with van der Waals surface area (Å²) in [7, 11) is 0. The smallest absolute Gasteiger partial charge is 0.345 e. The van der Waals surface area contributed by atoms with Crippen molar-refractivity contribution in [3.8, 4) is 5.75 Å². The van der Waals surface area contributed by atoms with Gasteiger partial charge in [-0.15, -0.1) is 0 Å². The molecule has 0 saturated carbocycles. The summed E-state index contributed by atoms with van der Waals surface area (Å²) >= 11 is 0. The van der Waals surface area contributed by atoms with Crippen molar-refractivity contribution in [3.05, 3.63) is 42.0 Å². The Morgan fingerprint density at radius 2 is 2.06 bits per heavy atom. The molecule has 0 aliphatic carbocycles. The van der Waals surface area contributed by atoms with Crippen LogP contribution in [0.2, 0.25) is 0 Å². The Balaban J connectivity index is 2.17. The molecule has 0 aromatic heterocycles. The van der Waals surface area contributed by atoms with E-state index in [1.165, 1.54) is 0 Å². The molecule has 0 spiro atoms. The van der Waals surface area contributed by atoms with Crippen LogP contribution in [0.4, 0.5) is 0 Å². The highest BCUT2D eigenvalue weighted by Gasteiger charge is 2.29. The molecule has 2 aromatic carbocycles. The molecule has 1 N–H and O–H groups in total. The minimum absolute atomic E-state index is 0.450.